The zero-order valence-electron chi connectivity index (χ0n) is 18.1. The standard InChI is InChI=1S/C24H29ClO7/c1-12(2)31-15-5-3-13(4-6-15)9-14-10-17(16-7-8-30-23(16)19(14)25)24-22(29)21(28)20(27)18(11-26)32-24/h3-6,10,12,18,20-22,24,26-29H,7-9,11H2,1-2H3/t18-,20?,21+,22?,24+/m1/s1. The Morgan fingerprint density at radius 1 is 1.09 bits per heavy atom. The third-order valence-electron chi connectivity index (χ3n) is 5.92. The van der Waals surface area contributed by atoms with Crippen molar-refractivity contribution in [3.8, 4) is 11.5 Å². The lowest BCUT2D eigenvalue weighted by Crippen LogP contribution is -2.55. The van der Waals surface area contributed by atoms with E-state index in [1.165, 1.54) is 0 Å². The van der Waals surface area contributed by atoms with Crippen LogP contribution >= 0.6 is 11.6 Å². The van der Waals surface area contributed by atoms with Gasteiger partial charge in [0.1, 0.15) is 42.0 Å². The molecule has 0 saturated carbocycles. The molecule has 174 valence electrons. The average molecular weight is 465 g/mol. The van der Waals surface area contributed by atoms with Crippen LogP contribution in [0.5, 0.6) is 11.5 Å². The molecule has 0 bridgehead atoms. The van der Waals surface area contributed by atoms with Crippen LogP contribution in [0.4, 0.5) is 0 Å². The molecule has 2 aliphatic heterocycles. The van der Waals surface area contributed by atoms with E-state index < -0.39 is 37.1 Å². The van der Waals surface area contributed by atoms with E-state index in [1.54, 1.807) is 0 Å². The summed E-state index contributed by atoms with van der Waals surface area (Å²) in [6.07, 6.45) is -4.94. The van der Waals surface area contributed by atoms with E-state index in [9.17, 15) is 20.4 Å². The molecule has 2 heterocycles. The minimum atomic E-state index is -1.45. The second kappa shape index (κ2) is 9.55. The Labute approximate surface area is 192 Å². The highest BCUT2D eigenvalue weighted by atomic mass is 35.5. The number of halogens is 1. The van der Waals surface area contributed by atoms with Gasteiger partial charge in [-0.25, -0.2) is 0 Å². The first-order chi connectivity index (χ1) is 15.3. The molecule has 2 aliphatic rings. The number of fused-ring (bicyclic) bond motifs is 1. The van der Waals surface area contributed by atoms with Crippen molar-refractivity contribution >= 4 is 11.6 Å². The van der Waals surface area contributed by atoms with Gasteiger partial charge in [-0.1, -0.05) is 29.8 Å². The van der Waals surface area contributed by atoms with E-state index >= 15 is 0 Å². The summed E-state index contributed by atoms with van der Waals surface area (Å²) in [5.74, 6) is 1.34. The summed E-state index contributed by atoms with van der Waals surface area (Å²) in [5.41, 5.74) is 3.26. The van der Waals surface area contributed by atoms with Crippen LogP contribution in [0.2, 0.25) is 5.02 Å². The number of hydrogen-bond acceptors (Lipinski definition) is 7. The number of aliphatic hydroxyl groups excluding tert-OH is 4. The Hall–Kier alpha value is -1.87. The molecule has 2 aromatic carbocycles. The third-order valence-corrected chi connectivity index (χ3v) is 6.33. The Morgan fingerprint density at radius 3 is 2.47 bits per heavy atom. The van der Waals surface area contributed by atoms with Crippen LogP contribution in [0.1, 0.15) is 42.2 Å². The highest BCUT2D eigenvalue weighted by molar-refractivity contribution is 6.33. The molecule has 2 unspecified atom stereocenters. The molecule has 2 aromatic rings. The Morgan fingerprint density at radius 2 is 1.81 bits per heavy atom. The SMILES string of the molecule is CC(C)Oc1ccc(Cc2cc([C@@H]3O[C@H](CO)C(O)[C@H](O)C3O)c3c(c2Cl)OCC3)cc1. The van der Waals surface area contributed by atoms with Crippen LogP contribution in [0, 0.1) is 0 Å². The van der Waals surface area contributed by atoms with Crippen molar-refractivity contribution in [1.82, 2.24) is 0 Å². The molecule has 0 aromatic heterocycles. The molecule has 5 atom stereocenters. The molecule has 0 radical (unpaired) electrons. The van der Waals surface area contributed by atoms with Gasteiger partial charge in [-0.05, 0) is 49.1 Å². The topological polar surface area (TPSA) is 109 Å². The van der Waals surface area contributed by atoms with Gasteiger partial charge >= 0.3 is 0 Å². The zero-order chi connectivity index (χ0) is 23.0. The summed E-state index contributed by atoms with van der Waals surface area (Å²) in [5, 5.41) is 41.1. The molecule has 4 N–H and O–H groups in total. The molecule has 4 rings (SSSR count). The lowest BCUT2D eigenvalue weighted by molar-refractivity contribution is -0.231. The van der Waals surface area contributed by atoms with E-state index in [2.05, 4.69) is 0 Å². The maximum Gasteiger partial charge on any atom is 0.141 e. The summed E-state index contributed by atoms with van der Waals surface area (Å²) >= 11 is 6.68. The van der Waals surface area contributed by atoms with Gasteiger partial charge in [-0.2, -0.15) is 0 Å². The number of aliphatic hydroxyl groups is 4. The van der Waals surface area contributed by atoms with Crippen molar-refractivity contribution in [2.45, 2.75) is 63.3 Å². The first kappa shape index (κ1) is 23.3. The fourth-order valence-electron chi connectivity index (χ4n) is 4.33. The molecule has 8 heteroatoms. The third kappa shape index (κ3) is 4.46. The Bertz CT molecular complexity index is 944. The fraction of sp³-hybridized carbons (Fsp3) is 0.500. The highest BCUT2D eigenvalue weighted by Gasteiger charge is 2.45. The van der Waals surface area contributed by atoms with Crippen molar-refractivity contribution in [1.29, 1.82) is 0 Å². The zero-order valence-corrected chi connectivity index (χ0v) is 18.8. The van der Waals surface area contributed by atoms with Gasteiger partial charge in [0, 0.05) is 12.0 Å². The molecule has 0 amide bonds. The lowest BCUT2D eigenvalue weighted by atomic mass is 9.87. The fourth-order valence-corrected chi connectivity index (χ4v) is 4.62. The Kier molecular flexibility index (Phi) is 6.95. The maximum atomic E-state index is 10.7. The van der Waals surface area contributed by atoms with Gasteiger partial charge in [-0.15, -0.1) is 0 Å². The van der Waals surface area contributed by atoms with Gasteiger partial charge in [0.2, 0.25) is 0 Å². The van der Waals surface area contributed by atoms with Crippen LogP contribution in [0.3, 0.4) is 0 Å². The molecular formula is C24H29ClO7. The summed E-state index contributed by atoms with van der Waals surface area (Å²) in [6, 6.07) is 9.61. The quantitative estimate of drug-likeness (QED) is 0.518. The maximum absolute atomic E-state index is 10.7. The molecule has 1 fully saturated rings. The monoisotopic (exact) mass is 464 g/mol. The van der Waals surface area contributed by atoms with Crippen molar-refractivity contribution in [3.05, 3.63) is 57.6 Å². The minimum absolute atomic E-state index is 0.0882. The normalized spacial score (nSPS) is 27.3. The molecule has 0 aliphatic carbocycles. The number of benzene rings is 2. The van der Waals surface area contributed by atoms with Crippen molar-refractivity contribution in [2.24, 2.45) is 0 Å². The van der Waals surface area contributed by atoms with Crippen LogP contribution in [-0.4, -0.2) is 64.2 Å². The molecule has 0 spiro atoms. The predicted octanol–water partition coefficient (Wildman–Crippen LogP) is 2.17. The molecule has 32 heavy (non-hydrogen) atoms. The van der Waals surface area contributed by atoms with Gasteiger partial charge in [0.05, 0.1) is 24.3 Å². The first-order valence-electron chi connectivity index (χ1n) is 10.8. The van der Waals surface area contributed by atoms with Crippen LogP contribution in [0.15, 0.2) is 30.3 Å². The predicted molar refractivity (Wildman–Crippen MR) is 118 cm³/mol. The van der Waals surface area contributed by atoms with Gasteiger partial charge in [0.15, 0.2) is 0 Å². The Balaban J connectivity index is 1.68. The van der Waals surface area contributed by atoms with E-state index in [-0.39, 0.29) is 6.10 Å². The molecule has 1 saturated heterocycles. The van der Waals surface area contributed by atoms with Crippen molar-refractivity contribution < 1.29 is 34.6 Å². The van der Waals surface area contributed by atoms with Crippen LogP contribution in [-0.2, 0) is 17.6 Å². The van der Waals surface area contributed by atoms with Gasteiger partial charge in [-0.3, -0.25) is 0 Å². The number of rotatable bonds is 6. The van der Waals surface area contributed by atoms with E-state index in [4.69, 9.17) is 25.8 Å². The van der Waals surface area contributed by atoms with E-state index in [0.29, 0.717) is 35.8 Å². The van der Waals surface area contributed by atoms with Crippen molar-refractivity contribution in [2.75, 3.05) is 13.2 Å². The average Bonchev–Trinajstić information content (AvgIpc) is 3.26. The summed E-state index contributed by atoms with van der Waals surface area (Å²) < 4.78 is 17.3. The molecule has 7 nitrogen and oxygen atoms in total. The molecular weight excluding hydrogens is 436 g/mol. The van der Waals surface area contributed by atoms with E-state index in [0.717, 1.165) is 22.4 Å². The van der Waals surface area contributed by atoms with Gasteiger partial charge in [0.25, 0.3) is 0 Å². The summed E-state index contributed by atoms with van der Waals surface area (Å²) in [6.45, 7) is 3.91. The van der Waals surface area contributed by atoms with Crippen molar-refractivity contribution in [3.63, 3.8) is 0 Å². The number of hydrogen-bond donors (Lipinski definition) is 4. The number of ether oxygens (including phenoxy) is 3. The smallest absolute Gasteiger partial charge is 0.141 e. The van der Waals surface area contributed by atoms with Crippen LogP contribution < -0.4 is 9.47 Å². The first-order valence-corrected chi connectivity index (χ1v) is 11.2. The summed E-state index contributed by atoms with van der Waals surface area (Å²) in [4.78, 5) is 0. The summed E-state index contributed by atoms with van der Waals surface area (Å²) in [7, 11) is 0. The lowest BCUT2D eigenvalue weighted by Gasteiger charge is -2.40. The van der Waals surface area contributed by atoms with E-state index in [1.807, 2.05) is 44.2 Å². The second-order valence-electron chi connectivity index (χ2n) is 8.58. The second-order valence-corrected chi connectivity index (χ2v) is 8.96. The largest absolute Gasteiger partial charge is 0.491 e. The highest BCUT2D eigenvalue weighted by Crippen LogP contribution is 2.44. The van der Waals surface area contributed by atoms with Crippen LogP contribution in [0.25, 0.3) is 0 Å². The van der Waals surface area contributed by atoms with Gasteiger partial charge < -0.3 is 34.6 Å². The minimum Gasteiger partial charge on any atom is -0.491 e.